The molecule has 0 saturated carbocycles. The van der Waals surface area contributed by atoms with Gasteiger partial charge in [0, 0.05) is 5.56 Å². The highest BCUT2D eigenvalue weighted by atomic mass is 19.4. The number of rotatable bonds is 7. The van der Waals surface area contributed by atoms with E-state index in [1.54, 1.807) is 0 Å². The number of halogens is 7. The van der Waals surface area contributed by atoms with Gasteiger partial charge in [-0.3, -0.25) is 0 Å². The molecule has 1 aliphatic carbocycles. The van der Waals surface area contributed by atoms with Gasteiger partial charge in [-0.05, 0) is 83.8 Å². The third-order valence-corrected chi connectivity index (χ3v) is 6.20. The molecule has 190 valence electrons. The van der Waals surface area contributed by atoms with Crippen molar-refractivity contribution in [1.82, 2.24) is 0 Å². The summed E-state index contributed by atoms with van der Waals surface area (Å²) in [6.45, 7) is 2.04. The summed E-state index contributed by atoms with van der Waals surface area (Å²) >= 11 is 0. The molecule has 1 aliphatic rings. The summed E-state index contributed by atoms with van der Waals surface area (Å²) in [5.41, 5.74) is 0.640. The Hall–Kier alpha value is -3.29. The maximum atomic E-state index is 15.3. The maximum Gasteiger partial charge on any atom is 0.573 e. The van der Waals surface area contributed by atoms with E-state index in [1.807, 2.05) is 6.92 Å². The summed E-state index contributed by atoms with van der Waals surface area (Å²) in [7, 11) is 0. The average molecular weight is 508 g/mol. The summed E-state index contributed by atoms with van der Waals surface area (Å²) in [4.78, 5) is 0. The zero-order valence-corrected chi connectivity index (χ0v) is 19.4. The third-order valence-electron chi connectivity index (χ3n) is 6.20. The maximum absolute atomic E-state index is 15.3. The van der Waals surface area contributed by atoms with Gasteiger partial charge >= 0.3 is 6.36 Å². The van der Waals surface area contributed by atoms with Crippen LogP contribution in [0.2, 0.25) is 0 Å². The molecule has 0 aliphatic heterocycles. The van der Waals surface area contributed by atoms with Gasteiger partial charge in [-0.25, -0.2) is 17.6 Å². The molecule has 0 heterocycles. The van der Waals surface area contributed by atoms with Crippen molar-refractivity contribution >= 4 is 11.6 Å². The lowest BCUT2D eigenvalue weighted by Gasteiger charge is -2.21. The standard InChI is InChI=1S/C28H23F7O/c1-2-3-4-5-16-12-22(29)25(23(30)13-16)18-8-11-21-19(14-18)15-24(31)26(27(21)32)17-6-9-20(10-7-17)36-28(33,34)35/h6-7,9-10,12-15H,2-5,8,11H2,1H3. The van der Waals surface area contributed by atoms with E-state index < -0.39 is 40.9 Å². The van der Waals surface area contributed by atoms with E-state index in [-0.39, 0.29) is 35.1 Å². The fraction of sp³-hybridized carbons (Fsp3) is 0.286. The molecule has 1 nitrogen and oxygen atoms in total. The minimum atomic E-state index is -4.89. The Morgan fingerprint density at radius 1 is 0.806 bits per heavy atom. The molecule has 0 radical (unpaired) electrons. The predicted molar refractivity (Wildman–Crippen MR) is 124 cm³/mol. The Balaban J connectivity index is 1.65. The van der Waals surface area contributed by atoms with Crippen molar-refractivity contribution < 1.29 is 35.5 Å². The monoisotopic (exact) mass is 508 g/mol. The fourth-order valence-electron chi connectivity index (χ4n) is 4.52. The molecule has 3 aromatic carbocycles. The molecule has 3 aromatic rings. The lowest BCUT2D eigenvalue weighted by atomic mass is 9.85. The Bertz CT molecular complexity index is 1270. The molecule has 0 aromatic heterocycles. The van der Waals surface area contributed by atoms with E-state index in [0.29, 0.717) is 17.6 Å². The summed E-state index contributed by atoms with van der Waals surface area (Å²) < 4.78 is 101. The van der Waals surface area contributed by atoms with Crippen LogP contribution in [0.3, 0.4) is 0 Å². The molecule has 0 saturated heterocycles. The third kappa shape index (κ3) is 5.58. The Labute approximate surface area is 204 Å². The molecular weight excluding hydrogens is 485 g/mol. The summed E-state index contributed by atoms with van der Waals surface area (Å²) in [5, 5.41) is 0. The zero-order valence-electron chi connectivity index (χ0n) is 19.4. The smallest absolute Gasteiger partial charge is 0.406 e. The van der Waals surface area contributed by atoms with Crippen LogP contribution in [-0.4, -0.2) is 6.36 Å². The lowest BCUT2D eigenvalue weighted by Crippen LogP contribution is -2.17. The van der Waals surface area contributed by atoms with Gasteiger partial charge in [-0.15, -0.1) is 13.2 Å². The molecule has 36 heavy (non-hydrogen) atoms. The number of alkyl halides is 3. The highest BCUT2D eigenvalue weighted by molar-refractivity contribution is 5.86. The second-order valence-electron chi connectivity index (χ2n) is 8.75. The summed E-state index contributed by atoms with van der Waals surface area (Å²) in [6.07, 6.45) is 0.0359. The van der Waals surface area contributed by atoms with Gasteiger partial charge < -0.3 is 4.74 Å². The molecule has 0 unspecified atom stereocenters. The second kappa shape index (κ2) is 10.4. The first kappa shape index (κ1) is 25.8. The van der Waals surface area contributed by atoms with E-state index in [1.165, 1.54) is 18.2 Å². The van der Waals surface area contributed by atoms with Crippen molar-refractivity contribution in [2.45, 2.75) is 51.8 Å². The Morgan fingerprint density at radius 2 is 1.44 bits per heavy atom. The zero-order chi connectivity index (χ0) is 26.0. The topological polar surface area (TPSA) is 9.23 Å². The molecule has 0 fully saturated rings. The van der Waals surface area contributed by atoms with Crippen molar-refractivity contribution in [2.24, 2.45) is 0 Å². The van der Waals surface area contributed by atoms with Crippen LogP contribution >= 0.6 is 0 Å². The fourth-order valence-corrected chi connectivity index (χ4v) is 4.52. The number of ether oxygens (including phenoxy) is 1. The van der Waals surface area contributed by atoms with Crippen LogP contribution < -0.4 is 4.74 Å². The van der Waals surface area contributed by atoms with E-state index in [4.69, 9.17) is 0 Å². The van der Waals surface area contributed by atoms with Gasteiger partial charge in [0.1, 0.15) is 29.0 Å². The largest absolute Gasteiger partial charge is 0.573 e. The van der Waals surface area contributed by atoms with Crippen LogP contribution in [0.4, 0.5) is 30.7 Å². The number of hydrogen-bond donors (Lipinski definition) is 0. The minimum absolute atomic E-state index is 0.0350. The van der Waals surface area contributed by atoms with Gasteiger partial charge in [-0.2, -0.15) is 0 Å². The normalized spacial score (nSPS) is 13.4. The molecule has 0 atom stereocenters. The SMILES string of the molecule is CCCCCc1cc(F)c(C2=Cc3cc(F)c(-c4ccc(OC(F)(F)F)cc4)c(F)c3CC2)c(F)c1. The van der Waals surface area contributed by atoms with E-state index in [2.05, 4.69) is 4.74 Å². The van der Waals surface area contributed by atoms with Gasteiger partial charge in [-0.1, -0.05) is 38.0 Å². The highest BCUT2D eigenvalue weighted by Crippen LogP contribution is 2.39. The Morgan fingerprint density at radius 3 is 2.06 bits per heavy atom. The van der Waals surface area contributed by atoms with Gasteiger partial charge in [0.05, 0.1) is 5.56 Å². The Kier molecular flexibility index (Phi) is 7.43. The van der Waals surface area contributed by atoms with Crippen LogP contribution in [0.5, 0.6) is 5.75 Å². The van der Waals surface area contributed by atoms with Crippen molar-refractivity contribution in [3.8, 4) is 16.9 Å². The summed E-state index contributed by atoms with van der Waals surface area (Å²) in [5.74, 6) is -3.75. The quantitative estimate of drug-likeness (QED) is 0.229. The molecule has 4 rings (SSSR count). The molecular formula is C28H23F7O. The minimum Gasteiger partial charge on any atom is -0.406 e. The average Bonchev–Trinajstić information content (AvgIpc) is 2.79. The van der Waals surface area contributed by atoms with Crippen LogP contribution in [0.25, 0.3) is 22.8 Å². The number of aryl methyl sites for hydroxylation is 1. The van der Waals surface area contributed by atoms with E-state index in [9.17, 15) is 26.3 Å². The molecule has 0 N–H and O–H groups in total. The van der Waals surface area contributed by atoms with Crippen molar-refractivity contribution in [2.75, 3.05) is 0 Å². The van der Waals surface area contributed by atoms with Crippen LogP contribution in [0.1, 0.15) is 54.9 Å². The second-order valence-corrected chi connectivity index (χ2v) is 8.75. The number of benzene rings is 3. The lowest BCUT2D eigenvalue weighted by molar-refractivity contribution is -0.274. The van der Waals surface area contributed by atoms with Crippen molar-refractivity contribution in [3.05, 3.63) is 88.0 Å². The van der Waals surface area contributed by atoms with E-state index in [0.717, 1.165) is 49.6 Å². The molecule has 0 amide bonds. The molecule has 8 heteroatoms. The van der Waals surface area contributed by atoms with Gasteiger partial charge in [0.2, 0.25) is 0 Å². The summed E-state index contributed by atoms with van der Waals surface area (Å²) in [6, 6.07) is 7.88. The number of fused-ring (bicyclic) bond motifs is 1. The van der Waals surface area contributed by atoms with Crippen LogP contribution in [-0.2, 0) is 12.8 Å². The number of unbranched alkanes of at least 4 members (excludes halogenated alkanes) is 2. The van der Waals surface area contributed by atoms with Gasteiger partial charge in [0.25, 0.3) is 0 Å². The first-order valence-electron chi connectivity index (χ1n) is 11.6. The highest BCUT2D eigenvalue weighted by Gasteiger charge is 2.31. The molecule has 0 spiro atoms. The first-order chi connectivity index (χ1) is 17.1. The van der Waals surface area contributed by atoms with Crippen LogP contribution in [0, 0.1) is 23.3 Å². The molecule has 0 bridgehead atoms. The predicted octanol–water partition coefficient (Wildman–Crippen LogP) is 9.03. The number of allylic oxidation sites excluding steroid dienone is 1. The van der Waals surface area contributed by atoms with Crippen LogP contribution in [0.15, 0.2) is 42.5 Å². The first-order valence-corrected chi connectivity index (χ1v) is 11.6. The van der Waals surface area contributed by atoms with Crippen molar-refractivity contribution in [3.63, 3.8) is 0 Å². The van der Waals surface area contributed by atoms with E-state index >= 15 is 4.39 Å². The van der Waals surface area contributed by atoms with Crippen molar-refractivity contribution in [1.29, 1.82) is 0 Å². The van der Waals surface area contributed by atoms with Gasteiger partial charge in [0.15, 0.2) is 0 Å². The number of hydrogen-bond acceptors (Lipinski definition) is 1.